The van der Waals surface area contributed by atoms with Gasteiger partial charge in [0.2, 0.25) is 0 Å². The van der Waals surface area contributed by atoms with Gasteiger partial charge in [-0.15, -0.1) is 11.3 Å². The lowest BCUT2D eigenvalue weighted by Crippen LogP contribution is -2.49. The molecule has 2 aromatic rings. The van der Waals surface area contributed by atoms with Crippen LogP contribution in [0.15, 0.2) is 41.8 Å². The minimum absolute atomic E-state index is 0.00671. The summed E-state index contributed by atoms with van der Waals surface area (Å²) in [4.78, 5) is 23.9. The van der Waals surface area contributed by atoms with Crippen molar-refractivity contribution in [3.05, 3.63) is 52.2 Å². The number of carbonyl (C=O) groups is 2. The molecule has 0 radical (unpaired) electrons. The Morgan fingerprint density at radius 1 is 1.22 bits per heavy atom. The van der Waals surface area contributed by atoms with Gasteiger partial charge in [-0.25, -0.2) is 0 Å². The molecule has 0 aliphatic carbocycles. The summed E-state index contributed by atoms with van der Waals surface area (Å²) < 4.78 is 5.35. The number of hydrogen-bond acceptors (Lipinski definition) is 5. The molecule has 0 spiro atoms. The van der Waals surface area contributed by atoms with Gasteiger partial charge in [-0.1, -0.05) is 18.2 Å². The maximum absolute atomic E-state index is 11.7. The zero-order chi connectivity index (χ0) is 16.7. The number of carbonyl (C=O) groups excluding carboxylic acids is 2. The highest BCUT2D eigenvalue weighted by Crippen LogP contribution is 2.11. The highest BCUT2D eigenvalue weighted by Gasteiger charge is 2.09. The largest absolute Gasteiger partial charge is 0.484 e. The Morgan fingerprint density at radius 3 is 2.74 bits per heavy atom. The van der Waals surface area contributed by atoms with Crippen LogP contribution in [-0.2, 0) is 4.79 Å². The lowest BCUT2D eigenvalue weighted by atomic mass is 10.2. The molecule has 120 valence electrons. The van der Waals surface area contributed by atoms with E-state index < -0.39 is 5.91 Å². The van der Waals surface area contributed by atoms with Gasteiger partial charge in [0.05, 0.1) is 4.88 Å². The van der Waals surface area contributed by atoms with Gasteiger partial charge >= 0.3 is 0 Å². The average Bonchev–Trinajstić information content (AvgIpc) is 3.05. The van der Waals surface area contributed by atoms with Crippen LogP contribution in [0.3, 0.4) is 0 Å². The quantitative estimate of drug-likeness (QED) is 0.579. The van der Waals surface area contributed by atoms with Crippen molar-refractivity contribution in [2.24, 2.45) is 0 Å². The van der Waals surface area contributed by atoms with Gasteiger partial charge in [0.15, 0.2) is 11.7 Å². The summed E-state index contributed by atoms with van der Waals surface area (Å²) >= 11 is 6.22. The maximum Gasteiger partial charge on any atom is 0.279 e. The first kappa shape index (κ1) is 16.9. The first-order valence-electron chi connectivity index (χ1n) is 6.68. The second kappa shape index (κ2) is 8.25. The highest BCUT2D eigenvalue weighted by molar-refractivity contribution is 7.80. The molecule has 6 nitrogen and oxygen atoms in total. The second-order valence-corrected chi connectivity index (χ2v) is 5.89. The van der Waals surface area contributed by atoms with Crippen molar-refractivity contribution in [3.63, 3.8) is 0 Å². The Morgan fingerprint density at radius 2 is 2.04 bits per heavy atom. The van der Waals surface area contributed by atoms with Gasteiger partial charge < -0.3 is 4.74 Å². The number of aryl methyl sites for hydroxylation is 1. The fraction of sp³-hybridized carbons (Fsp3) is 0.133. The van der Waals surface area contributed by atoms with Crippen LogP contribution in [0.4, 0.5) is 0 Å². The number of ether oxygens (including phenoxy) is 1. The summed E-state index contributed by atoms with van der Waals surface area (Å²) in [5.41, 5.74) is 5.89. The molecule has 8 heteroatoms. The maximum atomic E-state index is 11.7. The molecule has 0 aliphatic rings. The van der Waals surface area contributed by atoms with Crippen LogP contribution in [0.1, 0.15) is 15.2 Å². The molecule has 0 unspecified atom stereocenters. The second-order valence-electron chi connectivity index (χ2n) is 4.54. The third-order valence-electron chi connectivity index (χ3n) is 2.65. The topological polar surface area (TPSA) is 79.5 Å². The van der Waals surface area contributed by atoms with Crippen LogP contribution in [-0.4, -0.2) is 23.5 Å². The summed E-state index contributed by atoms with van der Waals surface area (Å²) in [5.74, 6) is -0.146. The molecular weight excluding hydrogens is 334 g/mol. The number of benzene rings is 1. The van der Waals surface area contributed by atoms with Crippen molar-refractivity contribution < 1.29 is 14.3 Å². The van der Waals surface area contributed by atoms with Crippen molar-refractivity contribution >= 4 is 40.5 Å². The first-order valence-corrected chi connectivity index (χ1v) is 7.96. The minimum Gasteiger partial charge on any atom is -0.484 e. The third-order valence-corrected chi connectivity index (χ3v) is 3.72. The SMILES string of the molecule is Cc1cccc(OCC(=O)NC(=S)NNC(=O)c2cccs2)c1. The monoisotopic (exact) mass is 349 g/mol. The molecule has 0 fully saturated rings. The van der Waals surface area contributed by atoms with E-state index in [0.717, 1.165) is 5.56 Å². The Bertz CT molecular complexity index is 702. The van der Waals surface area contributed by atoms with E-state index in [2.05, 4.69) is 16.2 Å². The molecular formula is C15H15N3O3S2. The molecule has 0 saturated heterocycles. The summed E-state index contributed by atoms with van der Waals surface area (Å²) in [6, 6.07) is 10.8. The average molecular weight is 349 g/mol. The fourth-order valence-corrected chi connectivity index (χ4v) is 2.41. The summed E-state index contributed by atoms with van der Waals surface area (Å²) in [7, 11) is 0. The van der Waals surface area contributed by atoms with Crippen LogP contribution < -0.4 is 20.9 Å². The van der Waals surface area contributed by atoms with Crippen molar-refractivity contribution in [2.75, 3.05) is 6.61 Å². The van der Waals surface area contributed by atoms with Gasteiger partial charge in [0.25, 0.3) is 11.8 Å². The number of hydrazine groups is 1. The highest BCUT2D eigenvalue weighted by atomic mass is 32.1. The number of nitrogens with one attached hydrogen (secondary N) is 3. The zero-order valence-corrected chi connectivity index (χ0v) is 13.9. The van der Waals surface area contributed by atoms with Crippen LogP contribution in [0.25, 0.3) is 0 Å². The predicted octanol–water partition coefficient (Wildman–Crippen LogP) is 1.77. The van der Waals surface area contributed by atoms with Crippen molar-refractivity contribution in [1.29, 1.82) is 0 Å². The van der Waals surface area contributed by atoms with Crippen molar-refractivity contribution in [3.8, 4) is 5.75 Å². The summed E-state index contributed by atoms with van der Waals surface area (Å²) in [6.07, 6.45) is 0. The third kappa shape index (κ3) is 5.68. The van der Waals surface area contributed by atoms with Crippen LogP contribution in [0.2, 0.25) is 0 Å². The van der Waals surface area contributed by atoms with Gasteiger partial charge in [-0.2, -0.15) is 0 Å². The Kier molecular flexibility index (Phi) is 6.07. The van der Waals surface area contributed by atoms with E-state index in [1.807, 2.05) is 25.1 Å². The van der Waals surface area contributed by atoms with Crippen LogP contribution >= 0.6 is 23.6 Å². The first-order chi connectivity index (χ1) is 11.0. The number of amides is 2. The smallest absolute Gasteiger partial charge is 0.279 e. The normalized spacial score (nSPS) is 9.78. The number of thiophene rings is 1. The molecule has 1 heterocycles. The number of hydrogen-bond donors (Lipinski definition) is 3. The van der Waals surface area contributed by atoms with E-state index >= 15 is 0 Å². The Labute approximate surface area is 142 Å². The van der Waals surface area contributed by atoms with E-state index in [9.17, 15) is 9.59 Å². The van der Waals surface area contributed by atoms with Gasteiger partial charge in [-0.3, -0.25) is 25.8 Å². The summed E-state index contributed by atoms with van der Waals surface area (Å²) in [6.45, 7) is 1.76. The van der Waals surface area contributed by atoms with Crippen molar-refractivity contribution in [1.82, 2.24) is 16.2 Å². The molecule has 0 bridgehead atoms. The molecule has 0 atom stereocenters. The lowest BCUT2D eigenvalue weighted by molar-refractivity contribution is -0.121. The van der Waals surface area contributed by atoms with E-state index in [4.69, 9.17) is 17.0 Å². The van der Waals surface area contributed by atoms with E-state index in [1.165, 1.54) is 11.3 Å². The standard InChI is InChI=1S/C15H15N3O3S2/c1-10-4-2-5-11(8-10)21-9-13(19)16-15(22)18-17-14(20)12-6-3-7-23-12/h2-8H,9H2,1H3,(H,17,20)(H2,16,18,19,22). The number of rotatable bonds is 4. The van der Waals surface area contributed by atoms with E-state index in [1.54, 1.807) is 23.6 Å². The van der Waals surface area contributed by atoms with Gasteiger partial charge in [-0.05, 0) is 48.3 Å². The summed E-state index contributed by atoms with van der Waals surface area (Å²) in [5, 5.41) is 4.19. The van der Waals surface area contributed by atoms with Crippen LogP contribution in [0.5, 0.6) is 5.75 Å². The Hall–Kier alpha value is -2.45. The van der Waals surface area contributed by atoms with E-state index in [0.29, 0.717) is 10.6 Å². The molecule has 1 aromatic carbocycles. The lowest BCUT2D eigenvalue weighted by Gasteiger charge is -2.11. The van der Waals surface area contributed by atoms with E-state index in [-0.39, 0.29) is 17.6 Å². The molecule has 3 N–H and O–H groups in total. The van der Waals surface area contributed by atoms with Gasteiger partial charge in [0.1, 0.15) is 5.75 Å². The molecule has 2 rings (SSSR count). The van der Waals surface area contributed by atoms with Crippen molar-refractivity contribution in [2.45, 2.75) is 6.92 Å². The Balaban J connectivity index is 1.70. The molecule has 0 aliphatic heterocycles. The fourth-order valence-electron chi connectivity index (χ4n) is 1.63. The van der Waals surface area contributed by atoms with Crippen LogP contribution in [0, 0.1) is 6.92 Å². The van der Waals surface area contributed by atoms with Gasteiger partial charge in [0, 0.05) is 0 Å². The number of thiocarbonyl (C=S) groups is 1. The predicted molar refractivity (Wildman–Crippen MR) is 92.3 cm³/mol. The molecule has 2 amide bonds. The minimum atomic E-state index is -0.422. The molecule has 1 aromatic heterocycles. The molecule has 0 saturated carbocycles. The zero-order valence-electron chi connectivity index (χ0n) is 12.3. The molecule has 23 heavy (non-hydrogen) atoms.